The average molecular weight is 328 g/mol. The fourth-order valence-electron chi connectivity index (χ4n) is 1.97. The van der Waals surface area contributed by atoms with E-state index in [1.165, 1.54) is 6.07 Å². The van der Waals surface area contributed by atoms with Crippen molar-refractivity contribution < 1.29 is 9.13 Å². The first-order valence-electron chi connectivity index (χ1n) is 6.67. The van der Waals surface area contributed by atoms with E-state index in [0.717, 1.165) is 12.1 Å². The third kappa shape index (κ3) is 4.10. The number of halogens is 3. The van der Waals surface area contributed by atoms with Crippen LogP contribution < -0.4 is 10.1 Å². The van der Waals surface area contributed by atoms with E-state index in [0.29, 0.717) is 15.8 Å². The Morgan fingerprint density at radius 3 is 2.48 bits per heavy atom. The first-order valence-corrected chi connectivity index (χ1v) is 7.42. The lowest BCUT2D eigenvalue weighted by Crippen LogP contribution is -2.17. The molecule has 0 aliphatic carbocycles. The monoisotopic (exact) mass is 327 g/mol. The minimum atomic E-state index is -0.428. The highest BCUT2D eigenvalue weighted by Gasteiger charge is 2.11. The molecule has 112 valence electrons. The lowest BCUT2D eigenvalue weighted by Gasteiger charge is -2.14. The third-order valence-electron chi connectivity index (χ3n) is 3.08. The van der Waals surface area contributed by atoms with Gasteiger partial charge < -0.3 is 10.1 Å². The molecule has 0 bridgehead atoms. The molecule has 0 aromatic heterocycles. The van der Waals surface area contributed by atoms with Gasteiger partial charge in [0.15, 0.2) is 11.6 Å². The molecule has 2 rings (SSSR count). The van der Waals surface area contributed by atoms with Gasteiger partial charge in [-0.1, -0.05) is 36.2 Å². The summed E-state index contributed by atoms with van der Waals surface area (Å²) < 4.78 is 19.6. The normalized spacial score (nSPS) is 12.2. The highest BCUT2D eigenvalue weighted by molar-refractivity contribution is 6.35. The summed E-state index contributed by atoms with van der Waals surface area (Å²) in [6.07, 6.45) is 0. The zero-order chi connectivity index (χ0) is 15.4. The van der Waals surface area contributed by atoms with Gasteiger partial charge in [0.05, 0.1) is 5.02 Å². The van der Waals surface area contributed by atoms with Crippen LogP contribution in [0.4, 0.5) is 4.39 Å². The molecule has 0 radical (unpaired) electrons. The molecule has 0 heterocycles. The van der Waals surface area contributed by atoms with Crippen LogP contribution in [-0.2, 0) is 0 Å². The van der Waals surface area contributed by atoms with Crippen LogP contribution in [0, 0.1) is 5.82 Å². The number of benzene rings is 2. The summed E-state index contributed by atoms with van der Waals surface area (Å²) in [7, 11) is 0. The van der Waals surface area contributed by atoms with Crippen LogP contribution in [0.25, 0.3) is 0 Å². The minimum Gasteiger partial charge on any atom is -0.453 e. The number of hydrogen-bond acceptors (Lipinski definition) is 2. The Bertz CT molecular complexity index is 634. The topological polar surface area (TPSA) is 21.3 Å². The van der Waals surface area contributed by atoms with Crippen molar-refractivity contribution in [2.24, 2.45) is 0 Å². The van der Waals surface area contributed by atoms with Crippen LogP contribution >= 0.6 is 23.2 Å². The Labute approximate surface area is 133 Å². The molecule has 5 heteroatoms. The van der Waals surface area contributed by atoms with E-state index in [-0.39, 0.29) is 11.8 Å². The fraction of sp³-hybridized carbons (Fsp3) is 0.250. The number of nitrogens with one attached hydrogen (secondary N) is 1. The van der Waals surface area contributed by atoms with Gasteiger partial charge in [0.2, 0.25) is 0 Å². The Morgan fingerprint density at radius 1 is 1.14 bits per heavy atom. The molecule has 21 heavy (non-hydrogen) atoms. The zero-order valence-corrected chi connectivity index (χ0v) is 13.3. The summed E-state index contributed by atoms with van der Waals surface area (Å²) in [4.78, 5) is 0. The van der Waals surface area contributed by atoms with Crippen LogP contribution in [0.3, 0.4) is 0 Å². The van der Waals surface area contributed by atoms with E-state index in [1.807, 2.05) is 19.9 Å². The Balaban J connectivity index is 2.21. The zero-order valence-electron chi connectivity index (χ0n) is 11.8. The van der Waals surface area contributed by atoms with E-state index in [1.54, 1.807) is 24.3 Å². The van der Waals surface area contributed by atoms with Crippen molar-refractivity contribution in [3.05, 3.63) is 57.8 Å². The maximum atomic E-state index is 14.1. The van der Waals surface area contributed by atoms with Gasteiger partial charge >= 0.3 is 0 Å². The van der Waals surface area contributed by atoms with Gasteiger partial charge in [0.25, 0.3) is 0 Å². The van der Waals surface area contributed by atoms with Crippen molar-refractivity contribution in [3.63, 3.8) is 0 Å². The second-order valence-electron chi connectivity index (χ2n) is 4.65. The summed E-state index contributed by atoms with van der Waals surface area (Å²) in [5.41, 5.74) is 0.865. The van der Waals surface area contributed by atoms with Crippen molar-refractivity contribution in [1.29, 1.82) is 0 Å². The maximum Gasteiger partial charge on any atom is 0.166 e. The van der Waals surface area contributed by atoms with Crippen molar-refractivity contribution >= 4 is 23.2 Å². The first-order chi connectivity index (χ1) is 10.0. The largest absolute Gasteiger partial charge is 0.453 e. The van der Waals surface area contributed by atoms with Crippen LogP contribution in [0.15, 0.2) is 36.4 Å². The molecule has 0 fully saturated rings. The minimum absolute atomic E-state index is 0.0812. The van der Waals surface area contributed by atoms with Crippen LogP contribution in [0.1, 0.15) is 25.5 Å². The molecular weight excluding hydrogens is 312 g/mol. The Morgan fingerprint density at radius 2 is 1.86 bits per heavy atom. The molecule has 0 saturated heterocycles. The van der Waals surface area contributed by atoms with Crippen molar-refractivity contribution in [3.8, 4) is 11.5 Å². The Hall–Kier alpha value is -1.29. The van der Waals surface area contributed by atoms with Gasteiger partial charge in [-0.25, -0.2) is 4.39 Å². The fourth-order valence-corrected chi connectivity index (χ4v) is 2.42. The van der Waals surface area contributed by atoms with E-state index >= 15 is 0 Å². The van der Waals surface area contributed by atoms with Crippen LogP contribution in [0.5, 0.6) is 11.5 Å². The van der Waals surface area contributed by atoms with E-state index in [9.17, 15) is 4.39 Å². The number of ether oxygens (including phenoxy) is 1. The van der Waals surface area contributed by atoms with Crippen LogP contribution in [-0.4, -0.2) is 6.54 Å². The smallest absolute Gasteiger partial charge is 0.166 e. The van der Waals surface area contributed by atoms with E-state index in [4.69, 9.17) is 27.9 Å². The molecule has 2 nitrogen and oxygen atoms in total. The van der Waals surface area contributed by atoms with Crippen LogP contribution in [0.2, 0.25) is 10.0 Å². The molecule has 2 aromatic rings. The molecular formula is C16H16Cl2FNO. The first kappa shape index (κ1) is 16.1. The van der Waals surface area contributed by atoms with Gasteiger partial charge in [0.1, 0.15) is 5.75 Å². The molecule has 0 aliphatic heterocycles. The second kappa shape index (κ2) is 7.12. The van der Waals surface area contributed by atoms with Gasteiger partial charge in [0, 0.05) is 11.1 Å². The predicted molar refractivity (Wildman–Crippen MR) is 85.0 cm³/mol. The molecule has 1 unspecified atom stereocenters. The van der Waals surface area contributed by atoms with E-state index in [2.05, 4.69) is 5.32 Å². The summed E-state index contributed by atoms with van der Waals surface area (Å²) in [5.74, 6) is 0.0717. The highest BCUT2D eigenvalue weighted by Crippen LogP contribution is 2.33. The van der Waals surface area contributed by atoms with Crippen molar-refractivity contribution in [1.82, 2.24) is 5.32 Å². The molecule has 0 aliphatic rings. The summed E-state index contributed by atoms with van der Waals surface area (Å²) in [6.45, 7) is 4.81. The van der Waals surface area contributed by atoms with Gasteiger partial charge in [-0.15, -0.1) is 0 Å². The predicted octanol–water partition coefficient (Wildman–Crippen LogP) is 5.60. The summed E-state index contributed by atoms with van der Waals surface area (Å²) >= 11 is 11.8. The molecule has 0 amide bonds. The Kier molecular flexibility index (Phi) is 5.45. The number of rotatable bonds is 5. The average Bonchev–Trinajstić information content (AvgIpc) is 2.44. The maximum absolute atomic E-state index is 14.1. The molecule has 1 N–H and O–H groups in total. The summed E-state index contributed by atoms with van der Waals surface area (Å²) in [6, 6.07) is 9.78. The number of hydrogen-bond donors (Lipinski definition) is 1. The summed E-state index contributed by atoms with van der Waals surface area (Å²) in [5, 5.41) is 4.07. The highest BCUT2D eigenvalue weighted by atomic mass is 35.5. The standard InChI is InChI=1S/C16H16Cl2FNO/c1-3-20-10(2)11-4-6-16(14(19)8-11)21-15-7-5-12(17)9-13(15)18/h4-10,20H,3H2,1-2H3. The lowest BCUT2D eigenvalue weighted by molar-refractivity contribution is 0.440. The van der Waals surface area contributed by atoms with Gasteiger partial charge in [-0.2, -0.15) is 0 Å². The second-order valence-corrected chi connectivity index (χ2v) is 5.49. The molecule has 2 aromatic carbocycles. The molecule has 0 saturated carbocycles. The van der Waals surface area contributed by atoms with E-state index < -0.39 is 5.82 Å². The van der Waals surface area contributed by atoms with Gasteiger partial charge in [-0.05, 0) is 49.4 Å². The molecule has 0 spiro atoms. The van der Waals surface area contributed by atoms with Crippen molar-refractivity contribution in [2.45, 2.75) is 19.9 Å². The van der Waals surface area contributed by atoms with Gasteiger partial charge in [-0.3, -0.25) is 0 Å². The lowest BCUT2D eigenvalue weighted by atomic mass is 10.1. The quantitative estimate of drug-likeness (QED) is 0.772. The molecule has 1 atom stereocenters. The van der Waals surface area contributed by atoms with Crippen molar-refractivity contribution in [2.75, 3.05) is 6.54 Å². The third-order valence-corrected chi connectivity index (χ3v) is 3.61. The SMILES string of the molecule is CCNC(C)c1ccc(Oc2ccc(Cl)cc2Cl)c(F)c1.